The van der Waals surface area contributed by atoms with Gasteiger partial charge in [0.1, 0.15) is 11.4 Å². The number of sulfonamides is 1. The molecule has 2 aliphatic rings. The molecule has 9 heteroatoms. The Morgan fingerprint density at radius 2 is 1.52 bits per heavy atom. The van der Waals surface area contributed by atoms with Gasteiger partial charge in [-0.25, -0.2) is 17.6 Å². The van der Waals surface area contributed by atoms with Crippen LogP contribution in [0.25, 0.3) is 11.1 Å². The number of hydrogen-bond acceptors (Lipinski definition) is 5. The maximum Gasteiger partial charge on any atom is 0.410 e. The highest BCUT2D eigenvalue weighted by Gasteiger charge is 2.34. The third-order valence-corrected chi connectivity index (χ3v) is 7.17. The minimum Gasteiger partial charge on any atom is -0.444 e. The monoisotopic (exact) mass is 446 g/mol. The molecular formula is C22H23FN2O5S. The summed E-state index contributed by atoms with van der Waals surface area (Å²) in [6, 6.07) is 8.36. The van der Waals surface area contributed by atoms with Crippen molar-refractivity contribution in [3.8, 4) is 11.1 Å². The van der Waals surface area contributed by atoms with Crippen molar-refractivity contribution in [2.75, 3.05) is 26.2 Å². The van der Waals surface area contributed by atoms with Gasteiger partial charge in [0.05, 0.1) is 4.90 Å². The molecule has 0 aromatic heterocycles. The largest absolute Gasteiger partial charge is 0.444 e. The zero-order valence-corrected chi connectivity index (χ0v) is 18.3. The Hall–Kier alpha value is -2.78. The molecule has 0 atom stereocenters. The molecule has 2 aromatic rings. The highest BCUT2D eigenvalue weighted by molar-refractivity contribution is 7.89. The van der Waals surface area contributed by atoms with E-state index >= 15 is 0 Å². The summed E-state index contributed by atoms with van der Waals surface area (Å²) in [6.45, 7) is 5.98. The van der Waals surface area contributed by atoms with Crippen LogP contribution in [0.3, 0.4) is 0 Å². The van der Waals surface area contributed by atoms with Crippen LogP contribution < -0.4 is 0 Å². The molecule has 31 heavy (non-hydrogen) atoms. The second-order valence-electron chi connectivity index (χ2n) is 8.60. The molecule has 1 aliphatic carbocycles. The summed E-state index contributed by atoms with van der Waals surface area (Å²) in [4.78, 5) is 26.4. The molecule has 0 spiro atoms. The summed E-state index contributed by atoms with van der Waals surface area (Å²) >= 11 is 0. The van der Waals surface area contributed by atoms with Crippen LogP contribution in [0.15, 0.2) is 41.3 Å². The molecule has 0 N–H and O–H groups in total. The number of benzene rings is 2. The fourth-order valence-electron chi connectivity index (χ4n) is 3.78. The normalized spacial score (nSPS) is 16.8. The number of rotatable bonds is 2. The van der Waals surface area contributed by atoms with Gasteiger partial charge in [-0.05, 0) is 56.2 Å². The molecule has 0 unspecified atom stereocenters. The summed E-state index contributed by atoms with van der Waals surface area (Å²) in [5, 5.41) is 0. The molecule has 1 saturated heterocycles. The average molecular weight is 447 g/mol. The first kappa shape index (κ1) is 21.5. The number of piperazine rings is 1. The minimum absolute atomic E-state index is 0.00130. The predicted octanol–water partition coefficient (Wildman–Crippen LogP) is 3.28. The van der Waals surface area contributed by atoms with Crippen molar-refractivity contribution in [1.82, 2.24) is 9.21 Å². The van der Waals surface area contributed by atoms with Crippen LogP contribution in [0.4, 0.5) is 9.18 Å². The van der Waals surface area contributed by atoms with Gasteiger partial charge >= 0.3 is 6.09 Å². The summed E-state index contributed by atoms with van der Waals surface area (Å²) in [7, 11) is -3.86. The number of nitrogens with zero attached hydrogens (tertiary/aromatic N) is 2. The molecule has 0 bridgehead atoms. The molecule has 1 fully saturated rings. The second kappa shape index (κ2) is 7.42. The molecule has 1 amide bonds. The van der Waals surface area contributed by atoms with Gasteiger partial charge in [-0.1, -0.05) is 12.1 Å². The fraction of sp³-hybridized carbons (Fsp3) is 0.364. The highest BCUT2D eigenvalue weighted by atomic mass is 32.2. The van der Waals surface area contributed by atoms with E-state index in [4.69, 9.17) is 4.74 Å². The lowest BCUT2D eigenvalue weighted by Gasteiger charge is -2.35. The number of halogens is 1. The topological polar surface area (TPSA) is 84.0 Å². The van der Waals surface area contributed by atoms with E-state index in [9.17, 15) is 22.4 Å². The molecule has 0 saturated carbocycles. The quantitative estimate of drug-likeness (QED) is 0.603. The van der Waals surface area contributed by atoms with Gasteiger partial charge in [-0.15, -0.1) is 0 Å². The standard InChI is InChI=1S/C22H23FN2O5S/c1-22(2,3)30-21(27)24-8-10-25(11-9-24)31(28,29)15-5-7-17-16-6-4-14(23)12-18(16)20(26)19(17)13-15/h4-7,12-13H,8-11H2,1-3H3. The molecule has 1 aliphatic heterocycles. The van der Waals surface area contributed by atoms with Gasteiger partial charge in [0.25, 0.3) is 0 Å². The summed E-state index contributed by atoms with van der Waals surface area (Å²) < 4.78 is 46.5. The second-order valence-corrected chi connectivity index (χ2v) is 10.5. The van der Waals surface area contributed by atoms with Gasteiger partial charge in [-0.2, -0.15) is 4.31 Å². The van der Waals surface area contributed by atoms with Crippen LogP contribution in [0, 0.1) is 5.82 Å². The SMILES string of the molecule is CC(C)(C)OC(=O)N1CCN(S(=O)(=O)c2ccc3c(c2)C(=O)c2cc(F)ccc2-3)CC1. The van der Waals surface area contributed by atoms with Crippen molar-refractivity contribution in [3.05, 3.63) is 53.3 Å². The highest BCUT2D eigenvalue weighted by Crippen LogP contribution is 2.38. The lowest BCUT2D eigenvalue weighted by Crippen LogP contribution is -2.51. The first-order valence-electron chi connectivity index (χ1n) is 9.94. The summed E-state index contributed by atoms with van der Waals surface area (Å²) in [5.74, 6) is -0.910. The third kappa shape index (κ3) is 3.95. The number of fused-ring (bicyclic) bond motifs is 3. The van der Waals surface area contributed by atoms with Crippen molar-refractivity contribution in [2.45, 2.75) is 31.3 Å². The number of ketones is 1. The Morgan fingerprint density at radius 1 is 0.935 bits per heavy atom. The van der Waals surface area contributed by atoms with Gasteiger partial charge in [0, 0.05) is 37.3 Å². The first-order valence-corrected chi connectivity index (χ1v) is 11.4. The lowest BCUT2D eigenvalue weighted by molar-refractivity contribution is 0.0192. The third-order valence-electron chi connectivity index (χ3n) is 5.28. The zero-order chi connectivity index (χ0) is 22.6. The van der Waals surface area contributed by atoms with E-state index in [1.807, 2.05) is 0 Å². The van der Waals surface area contributed by atoms with E-state index in [1.165, 1.54) is 39.5 Å². The van der Waals surface area contributed by atoms with Crippen LogP contribution in [0.5, 0.6) is 0 Å². The first-order chi connectivity index (χ1) is 14.5. The van der Waals surface area contributed by atoms with E-state index in [0.29, 0.717) is 11.1 Å². The Morgan fingerprint density at radius 3 is 2.13 bits per heavy atom. The van der Waals surface area contributed by atoms with Crippen molar-refractivity contribution in [1.29, 1.82) is 0 Å². The van der Waals surface area contributed by atoms with Gasteiger partial charge < -0.3 is 9.64 Å². The number of carbonyl (C=O) groups excluding carboxylic acids is 2. The van der Waals surface area contributed by atoms with E-state index in [2.05, 4.69) is 0 Å². The molecule has 0 radical (unpaired) electrons. The van der Waals surface area contributed by atoms with E-state index in [-0.39, 0.29) is 42.2 Å². The van der Waals surface area contributed by atoms with Crippen molar-refractivity contribution in [2.24, 2.45) is 0 Å². The fourth-order valence-corrected chi connectivity index (χ4v) is 5.23. The van der Waals surface area contributed by atoms with E-state index in [0.717, 1.165) is 0 Å². The van der Waals surface area contributed by atoms with Crippen molar-refractivity contribution < 1.29 is 27.1 Å². The predicted molar refractivity (Wildman–Crippen MR) is 112 cm³/mol. The maximum atomic E-state index is 13.6. The zero-order valence-electron chi connectivity index (χ0n) is 17.5. The van der Waals surface area contributed by atoms with Gasteiger partial charge in [-0.3, -0.25) is 4.79 Å². The molecular weight excluding hydrogens is 423 g/mol. The Balaban J connectivity index is 1.53. The van der Waals surface area contributed by atoms with Crippen molar-refractivity contribution in [3.63, 3.8) is 0 Å². The Kier molecular flexibility index (Phi) is 5.13. The van der Waals surface area contributed by atoms with Crippen LogP contribution in [-0.4, -0.2) is 61.3 Å². The summed E-state index contributed by atoms with van der Waals surface area (Å²) in [6.07, 6.45) is -0.474. The maximum absolute atomic E-state index is 13.6. The minimum atomic E-state index is -3.86. The average Bonchev–Trinajstić information content (AvgIpc) is 2.98. The Bertz CT molecular complexity index is 1180. The molecule has 2 aromatic carbocycles. The lowest BCUT2D eigenvalue weighted by atomic mass is 10.1. The molecule has 4 rings (SSSR count). The van der Waals surface area contributed by atoms with Crippen LogP contribution >= 0.6 is 0 Å². The van der Waals surface area contributed by atoms with Crippen LogP contribution in [0.2, 0.25) is 0 Å². The van der Waals surface area contributed by atoms with Crippen LogP contribution in [-0.2, 0) is 14.8 Å². The number of ether oxygens (including phenoxy) is 1. The number of carbonyl (C=O) groups is 2. The summed E-state index contributed by atoms with van der Waals surface area (Å²) in [5.41, 5.74) is 1.03. The van der Waals surface area contributed by atoms with E-state index in [1.54, 1.807) is 26.8 Å². The number of amides is 1. The van der Waals surface area contributed by atoms with Crippen LogP contribution in [0.1, 0.15) is 36.7 Å². The molecule has 164 valence electrons. The van der Waals surface area contributed by atoms with Crippen molar-refractivity contribution >= 4 is 21.9 Å². The van der Waals surface area contributed by atoms with E-state index < -0.39 is 33.3 Å². The Labute approximate surface area is 180 Å². The smallest absolute Gasteiger partial charge is 0.410 e. The number of hydrogen-bond donors (Lipinski definition) is 0. The van der Waals surface area contributed by atoms with Gasteiger partial charge in [0.2, 0.25) is 10.0 Å². The van der Waals surface area contributed by atoms with Gasteiger partial charge in [0.15, 0.2) is 5.78 Å². The molecule has 1 heterocycles. The molecule has 7 nitrogen and oxygen atoms in total.